The van der Waals surface area contributed by atoms with Crippen LogP contribution in [0.2, 0.25) is 15.1 Å². The second kappa shape index (κ2) is 19.8. The summed E-state index contributed by atoms with van der Waals surface area (Å²) in [4.78, 5) is 25.4. The van der Waals surface area contributed by atoms with Gasteiger partial charge in [-0.3, -0.25) is 9.59 Å². The molecule has 3 aromatic rings. The molecule has 3 rings (SSSR count). The Morgan fingerprint density at radius 2 is 1.27 bits per heavy atom. The fourth-order valence-electron chi connectivity index (χ4n) is 5.34. The van der Waals surface area contributed by atoms with Gasteiger partial charge in [-0.05, 0) is 43.7 Å². The largest absolute Gasteiger partial charge is 0.354 e. The van der Waals surface area contributed by atoms with Crippen LogP contribution in [-0.4, -0.2) is 34.7 Å². The molecule has 0 bridgehead atoms. The van der Waals surface area contributed by atoms with Gasteiger partial charge in [-0.25, -0.2) is 4.68 Å². The minimum absolute atomic E-state index is 0.0187. The highest BCUT2D eigenvalue weighted by atomic mass is 35.5. The van der Waals surface area contributed by atoms with Crippen molar-refractivity contribution in [3.05, 3.63) is 68.8 Å². The summed E-state index contributed by atoms with van der Waals surface area (Å²) in [5.74, 6) is -0.308. The zero-order chi connectivity index (χ0) is 31.7. The van der Waals surface area contributed by atoms with E-state index in [9.17, 15) is 9.59 Å². The van der Waals surface area contributed by atoms with Gasteiger partial charge in [0, 0.05) is 40.7 Å². The minimum Gasteiger partial charge on any atom is -0.354 e. The molecule has 1 aromatic heterocycles. The molecule has 44 heavy (non-hydrogen) atoms. The fourth-order valence-corrected chi connectivity index (χ4v) is 5.95. The Hall–Kier alpha value is -2.54. The number of nitrogens with zero attached hydrogens (tertiary/aromatic N) is 2. The Kier molecular flexibility index (Phi) is 16.1. The monoisotopic (exact) mass is 660 g/mol. The molecular weight excluding hydrogens is 615 g/mol. The molecule has 2 amide bonds. The van der Waals surface area contributed by atoms with Crippen LogP contribution in [0, 0.1) is 6.92 Å². The lowest BCUT2D eigenvalue weighted by atomic mass is 10.0. The number of hydrogen-bond donors (Lipinski definition) is 2. The first-order valence-corrected chi connectivity index (χ1v) is 17.3. The maximum atomic E-state index is 13.2. The zero-order valence-corrected chi connectivity index (χ0v) is 28.5. The summed E-state index contributed by atoms with van der Waals surface area (Å²) in [6, 6.07) is 12.5. The van der Waals surface area contributed by atoms with Gasteiger partial charge >= 0.3 is 0 Å². The average Bonchev–Trinajstić information content (AvgIpc) is 3.34. The highest BCUT2D eigenvalue weighted by Gasteiger charge is 2.23. The van der Waals surface area contributed by atoms with Crippen LogP contribution in [0.1, 0.15) is 113 Å². The highest BCUT2D eigenvalue weighted by Crippen LogP contribution is 2.33. The summed E-state index contributed by atoms with van der Waals surface area (Å²) in [6.45, 7) is 4.77. The summed E-state index contributed by atoms with van der Waals surface area (Å²) in [5.41, 5.74) is 3.14. The SMILES string of the molecule is CCCCCCCCCCCCCCCC(=O)NCCNC(=O)c1nn(-c2ccc(Cl)cc2Cl)c(-c2ccc(Cl)cc2)c1C. The van der Waals surface area contributed by atoms with E-state index in [1.54, 1.807) is 35.0 Å². The summed E-state index contributed by atoms with van der Waals surface area (Å²) < 4.78 is 1.66. The fraction of sp³-hybridized carbons (Fsp3) is 0.514. The van der Waals surface area contributed by atoms with Gasteiger partial charge < -0.3 is 10.6 Å². The first-order valence-electron chi connectivity index (χ1n) is 16.2. The van der Waals surface area contributed by atoms with E-state index in [1.165, 1.54) is 70.6 Å². The highest BCUT2D eigenvalue weighted by molar-refractivity contribution is 6.35. The molecule has 0 aliphatic carbocycles. The molecule has 2 N–H and O–H groups in total. The van der Waals surface area contributed by atoms with Crippen LogP contribution in [0.3, 0.4) is 0 Å². The van der Waals surface area contributed by atoms with Crippen molar-refractivity contribution in [2.24, 2.45) is 0 Å². The maximum absolute atomic E-state index is 13.2. The summed E-state index contributed by atoms with van der Waals surface area (Å²) in [7, 11) is 0. The molecule has 0 radical (unpaired) electrons. The molecule has 6 nitrogen and oxygen atoms in total. The van der Waals surface area contributed by atoms with Crippen molar-refractivity contribution < 1.29 is 9.59 Å². The van der Waals surface area contributed by atoms with E-state index < -0.39 is 0 Å². The van der Waals surface area contributed by atoms with Crippen LogP contribution >= 0.6 is 34.8 Å². The van der Waals surface area contributed by atoms with Crippen LogP contribution < -0.4 is 10.6 Å². The lowest BCUT2D eigenvalue weighted by Crippen LogP contribution is -2.35. The molecule has 9 heteroatoms. The minimum atomic E-state index is -0.327. The number of carbonyl (C=O) groups excluding carboxylic acids is 2. The first-order chi connectivity index (χ1) is 21.3. The van der Waals surface area contributed by atoms with Crippen LogP contribution in [0.4, 0.5) is 0 Å². The number of benzene rings is 2. The number of rotatable bonds is 20. The van der Waals surface area contributed by atoms with E-state index in [0.717, 1.165) is 24.1 Å². The van der Waals surface area contributed by atoms with E-state index in [1.807, 2.05) is 19.1 Å². The molecule has 0 saturated carbocycles. The predicted octanol–water partition coefficient (Wildman–Crippen LogP) is 10.1. The number of amides is 2. The zero-order valence-electron chi connectivity index (χ0n) is 26.2. The predicted molar refractivity (Wildman–Crippen MR) is 184 cm³/mol. The Balaban J connectivity index is 1.40. The van der Waals surface area contributed by atoms with E-state index >= 15 is 0 Å². The van der Waals surface area contributed by atoms with Crippen LogP contribution in [0.25, 0.3) is 16.9 Å². The van der Waals surface area contributed by atoms with Crippen LogP contribution in [0.5, 0.6) is 0 Å². The molecule has 0 atom stereocenters. The number of carbonyl (C=O) groups is 2. The van der Waals surface area contributed by atoms with Gasteiger partial charge in [-0.15, -0.1) is 0 Å². The lowest BCUT2D eigenvalue weighted by molar-refractivity contribution is -0.121. The molecule has 0 fully saturated rings. The van der Waals surface area contributed by atoms with E-state index in [2.05, 4.69) is 22.7 Å². The second-order valence-corrected chi connectivity index (χ2v) is 12.7. The van der Waals surface area contributed by atoms with E-state index in [-0.39, 0.29) is 17.5 Å². The third-order valence-electron chi connectivity index (χ3n) is 7.83. The topological polar surface area (TPSA) is 76.0 Å². The van der Waals surface area contributed by atoms with E-state index in [0.29, 0.717) is 45.8 Å². The Bertz CT molecular complexity index is 1320. The average molecular weight is 662 g/mol. The molecule has 0 unspecified atom stereocenters. The van der Waals surface area contributed by atoms with Crippen molar-refractivity contribution in [3.63, 3.8) is 0 Å². The number of aromatic nitrogens is 2. The van der Waals surface area contributed by atoms with Crippen molar-refractivity contribution in [1.29, 1.82) is 0 Å². The standard InChI is InChI=1S/C35H47Cl3N4O2/c1-3-4-5-6-7-8-9-10-11-12-13-14-15-16-32(43)39-23-24-40-35(44)33-26(2)34(27-17-19-28(36)20-18-27)42(41-33)31-22-21-29(37)25-30(31)38/h17-22,25H,3-16,23-24H2,1-2H3,(H,39,43)(H,40,44). The van der Waals surface area contributed by atoms with Gasteiger partial charge in [0.1, 0.15) is 0 Å². The molecule has 0 saturated heterocycles. The third-order valence-corrected chi connectivity index (χ3v) is 8.62. The molecule has 1 heterocycles. The van der Waals surface area contributed by atoms with Crippen molar-refractivity contribution in [2.45, 2.75) is 104 Å². The van der Waals surface area contributed by atoms with Gasteiger partial charge in [0.15, 0.2) is 5.69 Å². The van der Waals surface area contributed by atoms with Gasteiger partial charge in [0.25, 0.3) is 5.91 Å². The number of hydrogen-bond acceptors (Lipinski definition) is 3. The molecule has 0 aliphatic rings. The van der Waals surface area contributed by atoms with Crippen molar-refractivity contribution in [3.8, 4) is 16.9 Å². The van der Waals surface area contributed by atoms with Crippen molar-refractivity contribution in [2.75, 3.05) is 13.1 Å². The molecule has 0 spiro atoms. The van der Waals surface area contributed by atoms with Gasteiger partial charge in [-0.2, -0.15) is 5.10 Å². The molecule has 2 aromatic carbocycles. The molecule has 240 valence electrons. The Morgan fingerprint density at radius 1 is 0.727 bits per heavy atom. The lowest BCUT2D eigenvalue weighted by Gasteiger charge is -2.11. The molecular formula is C35H47Cl3N4O2. The van der Waals surface area contributed by atoms with Gasteiger partial charge in [0.2, 0.25) is 5.91 Å². The van der Waals surface area contributed by atoms with Gasteiger partial charge in [0.05, 0.1) is 16.4 Å². The number of unbranched alkanes of at least 4 members (excludes halogenated alkanes) is 12. The quantitative estimate of drug-likeness (QED) is 0.118. The molecule has 0 aliphatic heterocycles. The normalized spacial score (nSPS) is 11.1. The summed E-state index contributed by atoms with van der Waals surface area (Å²) in [6.07, 6.45) is 17.1. The number of halogens is 3. The van der Waals surface area contributed by atoms with Crippen molar-refractivity contribution in [1.82, 2.24) is 20.4 Å². The van der Waals surface area contributed by atoms with Crippen LogP contribution in [-0.2, 0) is 4.79 Å². The number of nitrogens with one attached hydrogen (secondary N) is 2. The summed E-state index contributed by atoms with van der Waals surface area (Å²) >= 11 is 18.7. The van der Waals surface area contributed by atoms with Gasteiger partial charge in [-0.1, -0.05) is 131 Å². The van der Waals surface area contributed by atoms with E-state index in [4.69, 9.17) is 34.8 Å². The first kappa shape index (κ1) is 35.9. The second-order valence-electron chi connectivity index (χ2n) is 11.4. The smallest absolute Gasteiger partial charge is 0.272 e. The Labute approximate surface area is 278 Å². The third kappa shape index (κ3) is 11.8. The van der Waals surface area contributed by atoms with Crippen LogP contribution in [0.15, 0.2) is 42.5 Å². The summed E-state index contributed by atoms with van der Waals surface area (Å²) in [5, 5.41) is 12.0. The Morgan fingerprint density at radius 3 is 1.86 bits per heavy atom. The van der Waals surface area contributed by atoms with Crippen molar-refractivity contribution >= 4 is 46.6 Å². The maximum Gasteiger partial charge on any atom is 0.272 e.